The lowest BCUT2D eigenvalue weighted by atomic mass is 10.2. The molecule has 5 nitrogen and oxygen atoms in total. The minimum absolute atomic E-state index is 0.302. The highest BCUT2D eigenvalue weighted by Crippen LogP contribution is 2.20. The van der Waals surface area contributed by atoms with Crippen LogP contribution in [-0.4, -0.2) is 28.6 Å². The number of benzene rings is 1. The van der Waals surface area contributed by atoms with Gasteiger partial charge in [-0.05, 0) is 36.2 Å². The van der Waals surface area contributed by atoms with Gasteiger partial charge in [-0.2, -0.15) is 0 Å². The first-order valence-corrected chi connectivity index (χ1v) is 6.89. The topological polar surface area (TPSA) is 59.9 Å². The second-order valence-corrected chi connectivity index (χ2v) is 4.77. The number of halogens is 1. The summed E-state index contributed by atoms with van der Waals surface area (Å²) in [6.45, 7) is 0.662. The van der Waals surface area contributed by atoms with E-state index in [-0.39, 0.29) is 5.82 Å². The Morgan fingerprint density at radius 3 is 2.91 bits per heavy atom. The van der Waals surface area contributed by atoms with Crippen LogP contribution in [0.15, 0.2) is 42.9 Å². The number of ether oxygens (including phenoxy) is 1. The number of pyridine rings is 1. The number of hydrogen-bond donors (Lipinski definition) is 1. The van der Waals surface area contributed by atoms with Gasteiger partial charge in [0, 0.05) is 24.2 Å². The van der Waals surface area contributed by atoms with E-state index >= 15 is 0 Å². The molecule has 2 aromatic heterocycles. The van der Waals surface area contributed by atoms with E-state index < -0.39 is 0 Å². The summed E-state index contributed by atoms with van der Waals surface area (Å²) in [5.41, 5.74) is 1.81. The largest absolute Gasteiger partial charge is 0.481 e. The van der Waals surface area contributed by atoms with Crippen LogP contribution in [0.1, 0.15) is 5.56 Å². The Morgan fingerprint density at radius 1 is 1.14 bits per heavy atom. The summed E-state index contributed by atoms with van der Waals surface area (Å²) in [5, 5.41) is 3.90. The third-order valence-electron chi connectivity index (χ3n) is 3.31. The Labute approximate surface area is 127 Å². The average molecular weight is 298 g/mol. The van der Waals surface area contributed by atoms with Crippen LogP contribution >= 0.6 is 0 Å². The van der Waals surface area contributed by atoms with Crippen molar-refractivity contribution in [3.63, 3.8) is 0 Å². The molecule has 22 heavy (non-hydrogen) atoms. The zero-order valence-corrected chi connectivity index (χ0v) is 12.1. The molecule has 1 N–H and O–H groups in total. The average Bonchev–Trinajstić information content (AvgIpc) is 2.55. The molecule has 2 heterocycles. The van der Waals surface area contributed by atoms with Crippen LogP contribution in [0.4, 0.5) is 10.2 Å². The van der Waals surface area contributed by atoms with Gasteiger partial charge in [0.05, 0.1) is 12.6 Å². The first-order chi connectivity index (χ1) is 10.8. The van der Waals surface area contributed by atoms with Gasteiger partial charge < -0.3 is 10.1 Å². The maximum absolute atomic E-state index is 13.4. The lowest BCUT2D eigenvalue weighted by molar-refractivity contribution is 0.397. The first-order valence-electron chi connectivity index (χ1n) is 6.89. The zero-order chi connectivity index (χ0) is 15.4. The van der Waals surface area contributed by atoms with Crippen LogP contribution in [0.25, 0.3) is 10.9 Å². The number of hydrogen-bond acceptors (Lipinski definition) is 5. The lowest BCUT2D eigenvalue weighted by Crippen LogP contribution is -2.07. The van der Waals surface area contributed by atoms with E-state index in [0.29, 0.717) is 29.1 Å². The van der Waals surface area contributed by atoms with E-state index in [1.54, 1.807) is 19.4 Å². The molecule has 0 fully saturated rings. The summed E-state index contributed by atoms with van der Waals surface area (Å²) < 4.78 is 18.5. The van der Waals surface area contributed by atoms with Crippen molar-refractivity contribution in [2.24, 2.45) is 0 Å². The van der Waals surface area contributed by atoms with Crippen LogP contribution in [0.5, 0.6) is 5.88 Å². The van der Waals surface area contributed by atoms with E-state index in [9.17, 15) is 4.39 Å². The van der Waals surface area contributed by atoms with Crippen molar-refractivity contribution in [3.05, 3.63) is 54.2 Å². The third kappa shape index (κ3) is 3.11. The molecule has 112 valence electrons. The van der Waals surface area contributed by atoms with Gasteiger partial charge in [0.1, 0.15) is 18.0 Å². The van der Waals surface area contributed by atoms with Gasteiger partial charge in [-0.1, -0.05) is 0 Å². The van der Waals surface area contributed by atoms with Gasteiger partial charge in [0.25, 0.3) is 0 Å². The highest BCUT2D eigenvalue weighted by atomic mass is 19.1. The molecule has 3 aromatic rings. The molecule has 0 bridgehead atoms. The van der Waals surface area contributed by atoms with Crippen LogP contribution < -0.4 is 10.1 Å². The van der Waals surface area contributed by atoms with Crippen LogP contribution in [0, 0.1) is 5.82 Å². The van der Waals surface area contributed by atoms with Crippen molar-refractivity contribution < 1.29 is 9.13 Å². The molecule has 0 amide bonds. The van der Waals surface area contributed by atoms with Crippen LogP contribution in [-0.2, 0) is 6.42 Å². The Morgan fingerprint density at radius 2 is 2.05 bits per heavy atom. The number of aromatic nitrogens is 3. The van der Waals surface area contributed by atoms with E-state index in [2.05, 4.69) is 20.3 Å². The van der Waals surface area contributed by atoms with Gasteiger partial charge in [-0.15, -0.1) is 0 Å². The lowest BCUT2D eigenvalue weighted by Gasteiger charge is -2.09. The van der Waals surface area contributed by atoms with Gasteiger partial charge in [-0.3, -0.25) is 0 Å². The van der Waals surface area contributed by atoms with E-state index in [1.165, 1.54) is 18.5 Å². The minimum Gasteiger partial charge on any atom is -0.481 e. The molecule has 0 aliphatic carbocycles. The van der Waals surface area contributed by atoms with Gasteiger partial charge in [-0.25, -0.2) is 19.3 Å². The Balaban J connectivity index is 1.72. The Hall–Kier alpha value is -2.76. The summed E-state index contributed by atoms with van der Waals surface area (Å²) in [4.78, 5) is 12.4. The van der Waals surface area contributed by atoms with Gasteiger partial charge >= 0.3 is 0 Å². The molecule has 3 rings (SSSR count). The van der Waals surface area contributed by atoms with E-state index in [0.717, 1.165) is 12.0 Å². The molecule has 0 saturated carbocycles. The van der Waals surface area contributed by atoms with Crippen molar-refractivity contribution in [2.75, 3.05) is 19.0 Å². The second kappa shape index (κ2) is 6.34. The maximum Gasteiger partial charge on any atom is 0.213 e. The molecular weight excluding hydrogens is 283 g/mol. The molecule has 6 heteroatoms. The number of methoxy groups -OCH3 is 1. The summed E-state index contributed by atoms with van der Waals surface area (Å²) in [6, 6.07) is 8.29. The summed E-state index contributed by atoms with van der Waals surface area (Å²) in [6.07, 6.45) is 3.96. The quantitative estimate of drug-likeness (QED) is 0.785. The molecule has 0 aliphatic heterocycles. The molecule has 0 aliphatic rings. The van der Waals surface area contributed by atoms with E-state index in [4.69, 9.17) is 4.74 Å². The monoisotopic (exact) mass is 298 g/mol. The normalized spacial score (nSPS) is 10.6. The summed E-state index contributed by atoms with van der Waals surface area (Å²) in [5.74, 6) is 0.918. The smallest absolute Gasteiger partial charge is 0.213 e. The number of fused-ring (bicyclic) bond motifs is 1. The molecule has 1 aromatic carbocycles. The molecule has 0 spiro atoms. The molecular formula is C16H15FN4O. The third-order valence-corrected chi connectivity index (χ3v) is 3.31. The van der Waals surface area contributed by atoms with Crippen LogP contribution in [0.2, 0.25) is 0 Å². The fourth-order valence-electron chi connectivity index (χ4n) is 2.21. The zero-order valence-electron chi connectivity index (χ0n) is 12.1. The molecule has 0 atom stereocenters. The van der Waals surface area contributed by atoms with Crippen molar-refractivity contribution in [2.45, 2.75) is 6.42 Å². The number of rotatable bonds is 5. The first kappa shape index (κ1) is 14.2. The van der Waals surface area contributed by atoms with Gasteiger partial charge in [0.15, 0.2) is 0 Å². The van der Waals surface area contributed by atoms with Crippen LogP contribution in [0.3, 0.4) is 0 Å². The SMILES string of the molecule is COc1cc(CCNc2ncnc3ccc(F)cc23)ccn1. The number of anilines is 1. The highest BCUT2D eigenvalue weighted by Gasteiger charge is 2.05. The van der Waals surface area contributed by atoms with Crippen molar-refractivity contribution in [3.8, 4) is 5.88 Å². The molecule has 0 radical (unpaired) electrons. The van der Waals surface area contributed by atoms with Crippen molar-refractivity contribution >= 4 is 16.7 Å². The Bertz CT molecular complexity index is 794. The van der Waals surface area contributed by atoms with Crippen molar-refractivity contribution in [1.29, 1.82) is 0 Å². The molecule has 0 saturated heterocycles. The highest BCUT2D eigenvalue weighted by molar-refractivity contribution is 5.88. The predicted molar refractivity (Wildman–Crippen MR) is 82.5 cm³/mol. The molecule has 0 unspecified atom stereocenters. The summed E-state index contributed by atoms with van der Waals surface area (Å²) >= 11 is 0. The second-order valence-electron chi connectivity index (χ2n) is 4.77. The Kier molecular flexibility index (Phi) is 4.09. The predicted octanol–water partition coefficient (Wildman–Crippen LogP) is 2.83. The summed E-state index contributed by atoms with van der Waals surface area (Å²) in [7, 11) is 1.59. The van der Waals surface area contributed by atoms with Crippen molar-refractivity contribution in [1.82, 2.24) is 15.0 Å². The fraction of sp³-hybridized carbons (Fsp3) is 0.188. The number of nitrogens with zero attached hydrogens (tertiary/aromatic N) is 3. The standard InChI is InChI=1S/C16H15FN4O/c1-22-15-8-11(4-6-18-15)5-7-19-16-13-9-12(17)2-3-14(13)20-10-21-16/h2-4,6,8-10H,5,7H2,1H3,(H,19,20,21). The van der Waals surface area contributed by atoms with Gasteiger partial charge in [0.2, 0.25) is 5.88 Å². The fourth-order valence-corrected chi connectivity index (χ4v) is 2.21. The minimum atomic E-state index is -0.302. The number of nitrogens with one attached hydrogen (secondary N) is 1. The van der Waals surface area contributed by atoms with E-state index in [1.807, 2.05) is 12.1 Å². The maximum atomic E-state index is 13.4.